The molecule has 2 fully saturated rings. The fraction of sp³-hybridized carbons (Fsp3) is 0.667. The predicted octanol–water partition coefficient (Wildman–Crippen LogP) is 3.69. The number of hydrogen-bond donors (Lipinski definition) is 0. The molecule has 0 spiro atoms. The highest BCUT2D eigenvalue weighted by Crippen LogP contribution is 2.46. The second-order valence-electron chi connectivity index (χ2n) is 8.55. The number of hydrogen-bond acceptors (Lipinski definition) is 4. The van der Waals surface area contributed by atoms with E-state index in [2.05, 4.69) is 28.2 Å². The topological polar surface area (TPSA) is 59.2 Å². The number of rotatable bonds is 7. The van der Waals surface area contributed by atoms with Crippen LogP contribution in [0.2, 0.25) is 5.02 Å². The lowest BCUT2D eigenvalue weighted by Crippen LogP contribution is -2.48. The minimum absolute atomic E-state index is 0.00488. The van der Waals surface area contributed by atoms with E-state index in [1.54, 1.807) is 4.90 Å². The number of nitrogens with zero attached hydrogens (tertiary/aromatic N) is 6. The fourth-order valence-corrected chi connectivity index (χ4v) is 4.58. The van der Waals surface area contributed by atoms with Gasteiger partial charge in [0.05, 0.1) is 23.0 Å². The first-order chi connectivity index (χ1) is 15.2. The third-order valence-corrected chi connectivity index (χ3v) is 6.57. The van der Waals surface area contributed by atoms with E-state index in [0.717, 1.165) is 44.7 Å². The van der Waals surface area contributed by atoms with E-state index in [1.165, 1.54) is 10.2 Å². The van der Waals surface area contributed by atoms with Gasteiger partial charge in [0.15, 0.2) is 5.69 Å². The zero-order chi connectivity index (χ0) is 23.0. The summed E-state index contributed by atoms with van der Waals surface area (Å²) in [5.41, 5.74) is 1.58. The van der Waals surface area contributed by atoms with Gasteiger partial charge in [-0.2, -0.15) is 23.4 Å². The monoisotopic (exact) mass is 472 g/mol. The van der Waals surface area contributed by atoms with E-state index < -0.39 is 11.9 Å². The maximum Gasteiger partial charge on any atom is 0.436 e. The number of aryl methyl sites for hydroxylation is 3. The largest absolute Gasteiger partial charge is 0.436 e. The highest BCUT2D eigenvalue weighted by Gasteiger charge is 2.42. The van der Waals surface area contributed by atoms with Gasteiger partial charge in [-0.25, -0.2) is 0 Å². The molecule has 2 aromatic rings. The fourth-order valence-electron chi connectivity index (χ4n) is 4.18. The zero-order valence-electron chi connectivity index (χ0n) is 18.3. The number of aromatic nitrogens is 4. The number of amides is 1. The van der Waals surface area contributed by atoms with Crippen LogP contribution in [0.15, 0.2) is 6.20 Å². The van der Waals surface area contributed by atoms with Gasteiger partial charge in [-0.3, -0.25) is 19.1 Å². The maximum absolute atomic E-state index is 13.2. The zero-order valence-corrected chi connectivity index (χ0v) is 19.1. The lowest BCUT2D eigenvalue weighted by atomic mass is 10.2. The Hall–Kier alpha value is -2.07. The van der Waals surface area contributed by atoms with Gasteiger partial charge in [-0.05, 0) is 26.7 Å². The van der Waals surface area contributed by atoms with Gasteiger partial charge in [-0.15, -0.1) is 0 Å². The number of piperazine rings is 1. The first-order valence-electron chi connectivity index (χ1n) is 11.0. The highest BCUT2D eigenvalue weighted by molar-refractivity contribution is 6.32. The van der Waals surface area contributed by atoms with Crippen LogP contribution in [0.5, 0.6) is 0 Å². The number of alkyl halides is 3. The highest BCUT2D eigenvalue weighted by atomic mass is 35.5. The van der Waals surface area contributed by atoms with E-state index in [1.807, 2.05) is 11.6 Å². The summed E-state index contributed by atoms with van der Waals surface area (Å²) < 4.78 is 42.8. The molecule has 3 heterocycles. The van der Waals surface area contributed by atoms with Gasteiger partial charge < -0.3 is 4.90 Å². The summed E-state index contributed by atoms with van der Waals surface area (Å²) in [4.78, 5) is 16.8. The SMILES string of the molecule is CCn1cc(CN2CCN(C(=O)CCn3nc(C(F)(F)F)c(Cl)c3C3CC3)CC2)c(C)n1. The first-order valence-corrected chi connectivity index (χ1v) is 11.4. The molecule has 1 saturated heterocycles. The van der Waals surface area contributed by atoms with Gasteiger partial charge in [0.2, 0.25) is 5.91 Å². The number of carbonyl (C=O) groups excluding carboxylic acids is 1. The predicted molar refractivity (Wildman–Crippen MR) is 113 cm³/mol. The Bertz CT molecular complexity index is 973. The minimum Gasteiger partial charge on any atom is -0.340 e. The molecular formula is C21H28ClF3N6O. The molecule has 4 rings (SSSR count). The smallest absolute Gasteiger partial charge is 0.340 e. The van der Waals surface area contributed by atoms with Gasteiger partial charge in [0.25, 0.3) is 0 Å². The van der Waals surface area contributed by atoms with Crippen molar-refractivity contribution >= 4 is 17.5 Å². The Balaban J connectivity index is 1.32. The average Bonchev–Trinajstić information content (AvgIpc) is 3.43. The van der Waals surface area contributed by atoms with Crippen LogP contribution in [0.1, 0.15) is 54.7 Å². The second-order valence-corrected chi connectivity index (χ2v) is 8.92. The molecule has 0 atom stereocenters. The number of halogens is 4. The van der Waals surface area contributed by atoms with Gasteiger partial charge >= 0.3 is 6.18 Å². The molecule has 11 heteroatoms. The van der Waals surface area contributed by atoms with E-state index in [4.69, 9.17) is 11.6 Å². The van der Waals surface area contributed by atoms with Gasteiger partial charge in [0, 0.05) is 63.4 Å². The Morgan fingerprint density at radius 3 is 2.44 bits per heavy atom. The van der Waals surface area contributed by atoms with E-state index >= 15 is 0 Å². The molecule has 1 aliphatic heterocycles. The average molecular weight is 473 g/mol. The summed E-state index contributed by atoms with van der Waals surface area (Å²) in [6.45, 7) is 8.49. The van der Waals surface area contributed by atoms with Gasteiger partial charge in [0.1, 0.15) is 0 Å². The van der Waals surface area contributed by atoms with Crippen molar-refractivity contribution in [2.75, 3.05) is 26.2 Å². The van der Waals surface area contributed by atoms with Gasteiger partial charge in [-0.1, -0.05) is 11.6 Å². The summed E-state index contributed by atoms with van der Waals surface area (Å²) in [7, 11) is 0. The van der Waals surface area contributed by atoms with Crippen molar-refractivity contribution in [3.05, 3.63) is 33.9 Å². The molecule has 0 N–H and O–H groups in total. The lowest BCUT2D eigenvalue weighted by Gasteiger charge is -2.34. The first kappa shape index (κ1) is 23.1. The standard InChI is InChI=1S/C21H28ClF3N6O/c1-3-30-13-16(14(2)26-30)12-28-8-10-29(11-9-28)17(32)6-7-31-19(15-4-5-15)18(22)20(27-31)21(23,24)25/h13,15H,3-12H2,1-2H3. The molecule has 0 radical (unpaired) electrons. The summed E-state index contributed by atoms with van der Waals surface area (Å²) in [5, 5.41) is 7.87. The lowest BCUT2D eigenvalue weighted by molar-refractivity contribution is -0.141. The van der Waals surface area contributed by atoms with Crippen LogP contribution in [0.3, 0.4) is 0 Å². The van der Waals surface area contributed by atoms with Crippen molar-refractivity contribution in [2.45, 2.75) is 64.8 Å². The third kappa shape index (κ3) is 4.96. The van der Waals surface area contributed by atoms with E-state index in [9.17, 15) is 18.0 Å². The molecule has 0 aromatic carbocycles. The molecule has 1 amide bonds. The van der Waals surface area contributed by atoms with Crippen LogP contribution in [0.4, 0.5) is 13.2 Å². The normalized spacial score (nSPS) is 17.9. The molecule has 176 valence electrons. The van der Waals surface area contributed by atoms with Crippen molar-refractivity contribution in [1.82, 2.24) is 29.4 Å². The van der Waals surface area contributed by atoms with Crippen molar-refractivity contribution < 1.29 is 18.0 Å². The Morgan fingerprint density at radius 1 is 1.19 bits per heavy atom. The molecule has 0 unspecified atom stereocenters. The molecule has 7 nitrogen and oxygen atoms in total. The summed E-state index contributed by atoms with van der Waals surface area (Å²) in [5.74, 6) is -0.0631. The van der Waals surface area contributed by atoms with Crippen molar-refractivity contribution in [2.24, 2.45) is 0 Å². The third-order valence-electron chi connectivity index (χ3n) is 6.19. The molecule has 2 aromatic heterocycles. The van der Waals surface area contributed by atoms with Crippen molar-refractivity contribution in [3.8, 4) is 0 Å². The minimum atomic E-state index is -4.60. The molecule has 32 heavy (non-hydrogen) atoms. The van der Waals surface area contributed by atoms with Crippen LogP contribution in [0.25, 0.3) is 0 Å². The second kappa shape index (κ2) is 9.05. The molecule has 0 bridgehead atoms. The Morgan fingerprint density at radius 2 is 1.88 bits per heavy atom. The molecular weight excluding hydrogens is 445 g/mol. The Labute approximate surface area is 190 Å². The Kier molecular flexibility index (Phi) is 6.53. The van der Waals surface area contributed by atoms with E-state index in [0.29, 0.717) is 18.8 Å². The summed E-state index contributed by atoms with van der Waals surface area (Å²) >= 11 is 6.01. The quantitative estimate of drug-likeness (QED) is 0.616. The summed E-state index contributed by atoms with van der Waals surface area (Å²) in [6, 6.07) is 0. The number of carbonyl (C=O) groups is 1. The molecule has 1 aliphatic carbocycles. The van der Waals surface area contributed by atoms with Crippen LogP contribution < -0.4 is 0 Å². The maximum atomic E-state index is 13.2. The van der Waals surface area contributed by atoms with Crippen LogP contribution in [-0.2, 0) is 30.6 Å². The van der Waals surface area contributed by atoms with Crippen LogP contribution in [0, 0.1) is 6.92 Å². The van der Waals surface area contributed by atoms with E-state index in [-0.39, 0.29) is 29.8 Å². The van der Waals surface area contributed by atoms with Crippen molar-refractivity contribution in [1.29, 1.82) is 0 Å². The van der Waals surface area contributed by atoms with Crippen LogP contribution in [-0.4, -0.2) is 61.4 Å². The summed E-state index contributed by atoms with van der Waals surface area (Å²) in [6.07, 6.45) is -0.824. The van der Waals surface area contributed by atoms with Crippen LogP contribution >= 0.6 is 11.6 Å². The molecule has 1 saturated carbocycles. The molecule has 2 aliphatic rings. The van der Waals surface area contributed by atoms with Crippen molar-refractivity contribution in [3.63, 3.8) is 0 Å².